The number of aliphatic hydroxyl groups is 2. The maximum atomic E-state index is 9.13. The van der Waals surface area contributed by atoms with Gasteiger partial charge >= 0.3 is 0 Å². The first-order chi connectivity index (χ1) is 11.2. The molecule has 0 aliphatic rings. The van der Waals surface area contributed by atoms with E-state index >= 15 is 0 Å². The molecule has 2 N–H and O–H groups in total. The predicted molar refractivity (Wildman–Crippen MR) is 106 cm³/mol. The Labute approximate surface area is 158 Å². The van der Waals surface area contributed by atoms with E-state index in [1.807, 2.05) is 29.8 Å². The normalized spacial score (nSPS) is 10.9. The Balaban J connectivity index is 0.00000288. The van der Waals surface area contributed by atoms with E-state index in [1.54, 1.807) is 23.5 Å². The van der Waals surface area contributed by atoms with Crippen LogP contribution in [-0.4, -0.2) is 44.7 Å². The van der Waals surface area contributed by atoms with E-state index < -0.39 is 0 Å². The van der Waals surface area contributed by atoms with E-state index in [0.717, 1.165) is 17.9 Å². The molecule has 4 nitrogen and oxygen atoms in total. The number of thioether (sulfide) groups is 2. The number of halogens is 1. The number of aryl methyl sites for hydroxylation is 1. The molecule has 0 aliphatic carbocycles. The summed E-state index contributed by atoms with van der Waals surface area (Å²) < 4.78 is 2.24. The van der Waals surface area contributed by atoms with E-state index in [4.69, 9.17) is 15.3 Å². The highest BCUT2D eigenvalue weighted by Gasteiger charge is 2.21. The molecule has 2 aromatic rings. The highest BCUT2D eigenvalue weighted by atomic mass is 35.5. The molecule has 24 heavy (non-hydrogen) atoms. The Kier molecular flexibility index (Phi) is 9.85. The summed E-state index contributed by atoms with van der Waals surface area (Å²) in [4.78, 5) is 0. The van der Waals surface area contributed by atoms with Crippen molar-refractivity contribution in [3.05, 3.63) is 52.8 Å². The summed E-state index contributed by atoms with van der Waals surface area (Å²) in [6.07, 6.45) is 0. The number of aliphatic hydroxyl groups excluding tert-OH is 2. The van der Waals surface area contributed by atoms with Crippen molar-refractivity contribution in [2.45, 2.75) is 25.0 Å². The molecular weight excluding hydrogens is 364 g/mol. The van der Waals surface area contributed by atoms with Crippen LogP contribution in [0.5, 0.6) is 0 Å². The molecule has 0 bridgehead atoms. The third-order valence-electron chi connectivity index (χ3n) is 3.57. The Morgan fingerprint density at radius 2 is 1.62 bits per heavy atom. The van der Waals surface area contributed by atoms with Gasteiger partial charge in [0.05, 0.1) is 30.0 Å². The van der Waals surface area contributed by atoms with Gasteiger partial charge in [-0.2, -0.15) is 5.10 Å². The Morgan fingerprint density at radius 3 is 2.17 bits per heavy atom. The van der Waals surface area contributed by atoms with Crippen molar-refractivity contribution in [1.29, 1.82) is 0 Å². The first-order valence-electron chi connectivity index (χ1n) is 7.70. The van der Waals surface area contributed by atoms with Crippen LogP contribution in [0.25, 0.3) is 0 Å². The van der Waals surface area contributed by atoms with Crippen LogP contribution in [0.2, 0.25) is 0 Å². The molecule has 0 aliphatic heterocycles. The summed E-state index contributed by atoms with van der Waals surface area (Å²) in [5.41, 5.74) is 4.64. The van der Waals surface area contributed by atoms with Crippen molar-refractivity contribution in [3.63, 3.8) is 0 Å². The van der Waals surface area contributed by atoms with Crippen LogP contribution in [0.1, 0.15) is 27.1 Å². The average molecular weight is 389 g/mol. The summed E-state index contributed by atoms with van der Waals surface area (Å²) in [6, 6.07) is 10.3. The van der Waals surface area contributed by atoms with E-state index in [-0.39, 0.29) is 30.2 Å². The molecule has 1 aromatic heterocycles. The molecular formula is C17H25ClN2O2S2. The SMILES string of the molecule is Cc1nn(Cc2ccccc2)c(C)c1C(SCCO)SCCO.Cl. The van der Waals surface area contributed by atoms with Gasteiger partial charge in [-0.05, 0) is 19.4 Å². The van der Waals surface area contributed by atoms with Crippen LogP contribution >= 0.6 is 35.9 Å². The summed E-state index contributed by atoms with van der Waals surface area (Å²) in [7, 11) is 0. The van der Waals surface area contributed by atoms with Crippen LogP contribution < -0.4 is 0 Å². The molecule has 0 amide bonds. The van der Waals surface area contributed by atoms with E-state index in [9.17, 15) is 0 Å². The highest BCUT2D eigenvalue weighted by Crippen LogP contribution is 2.42. The minimum Gasteiger partial charge on any atom is -0.396 e. The summed E-state index contributed by atoms with van der Waals surface area (Å²) >= 11 is 3.42. The van der Waals surface area contributed by atoms with E-state index in [2.05, 4.69) is 19.1 Å². The molecule has 1 aromatic carbocycles. The molecule has 0 saturated carbocycles. The predicted octanol–water partition coefficient (Wildman–Crippen LogP) is 3.42. The van der Waals surface area contributed by atoms with Gasteiger partial charge in [0.25, 0.3) is 0 Å². The number of nitrogens with zero attached hydrogens (tertiary/aromatic N) is 2. The molecule has 7 heteroatoms. The van der Waals surface area contributed by atoms with Gasteiger partial charge in [0.1, 0.15) is 0 Å². The van der Waals surface area contributed by atoms with Crippen molar-refractivity contribution in [2.75, 3.05) is 24.7 Å². The summed E-state index contributed by atoms with van der Waals surface area (Å²) in [6.45, 7) is 5.23. The van der Waals surface area contributed by atoms with Gasteiger partial charge in [-0.1, -0.05) is 30.3 Å². The van der Waals surface area contributed by atoms with Crippen LogP contribution in [0.3, 0.4) is 0 Å². The van der Waals surface area contributed by atoms with Gasteiger partial charge in [0.15, 0.2) is 0 Å². The van der Waals surface area contributed by atoms with Gasteiger partial charge in [-0.3, -0.25) is 4.68 Å². The van der Waals surface area contributed by atoms with Crippen LogP contribution in [0.4, 0.5) is 0 Å². The second-order valence-corrected chi connectivity index (χ2v) is 7.97. The highest BCUT2D eigenvalue weighted by molar-refractivity contribution is 8.16. The molecule has 1 heterocycles. The summed E-state index contributed by atoms with van der Waals surface area (Å²) in [5.74, 6) is 1.37. The van der Waals surface area contributed by atoms with Crippen molar-refractivity contribution in [2.24, 2.45) is 0 Å². The van der Waals surface area contributed by atoms with E-state index in [0.29, 0.717) is 11.5 Å². The largest absolute Gasteiger partial charge is 0.396 e. The fourth-order valence-electron chi connectivity index (χ4n) is 2.50. The fraction of sp³-hybridized carbons (Fsp3) is 0.471. The molecule has 0 saturated heterocycles. The lowest BCUT2D eigenvalue weighted by atomic mass is 10.2. The lowest BCUT2D eigenvalue weighted by molar-refractivity contribution is 0.322. The van der Waals surface area contributed by atoms with Crippen molar-refractivity contribution >= 4 is 35.9 Å². The topological polar surface area (TPSA) is 58.3 Å². The zero-order valence-corrected chi connectivity index (χ0v) is 16.5. The van der Waals surface area contributed by atoms with Crippen molar-refractivity contribution < 1.29 is 10.2 Å². The van der Waals surface area contributed by atoms with Crippen molar-refractivity contribution in [1.82, 2.24) is 9.78 Å². The molecule has 0 fully saturated rings. The Bertz CT molecular complexity index is 600. The smallest absolute Gasteiger partial charge is 0.0788 e. The fourth-order valence-corrected chi connectivity index (χ4v) is 5.11. The second kappa shape index (κ2) is 11.1. The monoisotopic (exact) mass is 388 g/mol. The third kappa shape index (κ3) is 5.70. The quantitative estimate of drug-likeness (QED) is 0.644. The maximum Gasteiger partial charge on any atom is 0.0788 e. The zero-order valence-electron chi connectivity index (χ0n) is 14.0. The average Bonchev–Trinajstić information content (AvgIpc) is 2.83. The molecule has 0 radical (unpaired) electrons. The van der Waals surface area contributed by atoms with E-state index in [1.165, 1.54) is 11.1 Å². The molecule has 0 spiro atoms. The van der Waals surface area contributed by atoms with Crippen LogP contribution in [0.15, 0.2) is 30.3 Å². The Morgan fingerprint density at radius 1 is 1.04 bits per heavy atom. The lowest BCUT2D eigenvalue weighted by Crippen LogP contribution is -2.05. The number of benzene rings is 1. The third-order valence-corrected chi connectivity index (χ3v) is 6.30. The van der Waals surface area contributed by atoms with Gasteiger partial charge in [-0.25, -0.2) is 0 Å². The lowest BCUT2D eigenvalue weighted by Gasteiger charge is -2.16. The first-order valence-corrected chi connectivity index (χ1v) is 9.80. The number of hydrogen-bond acceptors (Lipinski definition) is 5. The Hall–Kier alpha value is -0.660. The minimum atomic E-state index is 0. The summed E-state index contributed by atoms with van der Waals surface area (Å²) in [5, 5.41) is 23.0. The van der Waals surface area contributed by atoms with Gasteiger partial charge in [0, 0.05) is 22.8 Å². The van der Waals surface area contributed by atoms with Gasteiger partial charge in [-0.15, -0.1) is 35.9 Å². The minimum absolute atomic E-state index is 0. The molecule has 134 valence electrons. The number of rotatable bonds is 9. The number of aromatic nitrogens is 2. The maximum absolute atomic E-state index is 9.13. The second-order valence-electron chi connectivity index (χ2n) is 5.25. The molecule has 0 atom stereocenters. The first kappa shape index (κ1) is 21.4. The van der Waals surface area contributed by atoms with Gasteiger partial charge in [0.2, 0.25) is 0 Å². The van der Waals surface area contributed by atoms with Gasteiger partial charge < -0.3 is 10.2 Å². The number of hydrogen-bond donors (Lipinski definition) is 2. The van der Waals surface area contributed by atoms with Crippen LogP contribution in [-0.2, 0) is 6.54 Å². The van der Waals surface area contributed by atoms with Crippen LogP contribution in [0, 0.1) is 13.8 Å². The molecule has 0 unspecified atom stereocenters. The zero-order chi connectivity index (χ0) is 16.7. The molecule has 2 rings (SSSR count). The van der Waals surface area contributed by atoms with Crippen molar-refractivity contribution in [3.8, 4) is 0 Å². The standard InChI is InChI=1S/C17H24N2O2S2.ClH/c1-13-16(17(22-10-8-20)23-11-9-21)14(2)19(18-13)12-15-6-4-3-5-7-15;/h3-7,17,20-21H,8-12H2,1-2H3;1H.